The maximum absolute atomic E-state index is 12.7. The highest BCUT2D eigenvalue weighted by Gasteiger charge is 2.29. The zero-order chi connectivity index (χ0) is 21.5. The summed E-state index contributed by atoms with van der Waals surface area (Å²) in [5.41, 5.74) is 2.14. The number of nitrogens with zero attached hydrogens (tertiary/aromatic N) is 2. The van der Waals surface area contributed by atoms with Crippen LogP contribution in [0.3, 0.4) is 0 Å². The summed E-state index contributed by atoms with van der Waals surface area (Å²) in [5.74, 6) is 1.02. The van der Waals surface area contributed by atoms with Crippen LogP contribution in [0.25, 0.3) is 0 Å². The highest BCUT2D eigenvalue weighted by Crippen LogP contribution is 2.19. The van der Waals surface area contributed by atoms with Crippen molar-refractivity contribution in [3.8, 4) is 5.75 Å². The fraction of sp³-hybridized carbons (Fsp3) is 0.435. The number of anilines is 1. The quantitative estimate of drug-likeness (QED) is 0.765. The second-order valence-corrected chi connectivity index (χ2v) is 7.90. The van der Waals surface area contributed by atoms with Crippen LogP contribution in [-0.2, 0) is 11.2 Å². The number of aromatic nitrogens is 1. The number of amides is 3. The fourth-order valence-corrected chi connectivity index (χ4v) is 3.65. The summed E-state index contributed by atoms with van der Waals surface area (Å²) < 4.78 is 5.26. The van der Waals surface area contributed by atoms with Crippen molar-refractivity contribution in [3.63, 3.8) is 0 Å². The molecule has 2 unspecified atom stereocenters. The number of hydrogen-bond acceptors (Lipinski definition) is 4. The van der Waals surface area contributed by atoms with E-state index in [1.807, 2.05) is 44.2 Å². The summed E-state index contributed by atoms with van der Waals surface area (Å²) in [6.07, 6.45) is 4.00. The molecule has 0 aliphatic carbocycles. The summed E-state index contributed by atoms with van der Waals surface area (Å²) in [6, 6.07) is 11.4. The van der Waals surface area contributed by atoms with Crippen LogP contribution in [0.4, 0.5) is 10.6 Å². The Kier molecular flexibility index (Phi) is 7.27. The summed E-state index contributed by atoms with van der Waals surface area (Å²) in [4.78, 5) is 31.3. The van der Waals surface area contributed by atoms with Gasteiger partial charge in [0.25, 0.3) is 0 Å². The zero-order valence-corrected chi connectivity index (χ0v) is 17.9. The Bertz CT molecular complexity index is 869. The molecule has 1 aliphatic heterocycles. The number of likely N-dealkylation sites (tertiary alicyclic amines) is 1. The highest BCUT2D eigenvalue weighted by molar-refractivity contribution is 5.92. The number of carbonyl (C=O) groups excluding carboxylic acids is 2. The molecular weight excluding hydrogens is 380 g/mol. The van der Waals surface area contributed by atoms with Gasteiger partial charge < -0.3 is 20.3 Å². The fourth-order valence-electron chi connectivity index (χ4n) is 3.65. The van der Waals surface area contributed by atoms with Crippen LogP contribution < -0.4 is 15.4 Å². The van der Waals surface area contributed by atoms with Crippen molar-refractivity contribution in [2.45, 2.75) is 39.2 Å². The van der Waals surface area contributed by atoms with Crippen LogP contribution in [0.2, 0.25) is 0 Å². The molecule has 7 heteroatoms. The standard InChI is InChI=1S/C23H30N4O3/c1-16-9-10-21(24-14-16)26-22(28)19-7-5-11-27(15-19)23(29)25-17(2)12-18-6-4-8-20(13-18)30-3/h4,6,8-10,13-14,17,19H,5,7,11-12,15H2,1-3H3,(H,25,29)(H,24,26,28). The minimum atomic E-state index is -0.235. The molecule has 160 valence electrons. The number of urea groups is 1. The first-order chi connectivity index (χ1) is 14.4. The van der Waals surface area contributed by atoms with Crippen LogP contribution in [-0.4, -0.2) is 48.1 Å². The number of methoxy groups -OCH3 is 1. The SMILES string of the molecule is COc1cccc(CC(C)NC(=O)N2CCCC(C(=O)Nc3ccc(C)cn3)C2)c1. The molecule has 1 saturated heterocycles. The molecule has 1 aliphatic rings. The predicted octanol–water partition coefficient (Wildman–Crippen LogP) is 3.39. The Labute approximate surface area is 177 Å². The number of carbonyl (C=O) groups is 2. The number of rotatable bonds is 6. The summed E-state index contributed by atoms with van der Waals surface area (Å²) >= 11 is 0. The van der Waals surface area contributed by atoms with E-state index in [1.165, 1.54) is 0 Å². The maximum Gasteiger partial charge on any atom is 0.317 e. The normalized spacial score (nSPS) is 17.2. The highest BCUT2D eigenvalue weighted by atomic mass is 16.5. The van der Waals surface area contributed by atoms with Gasteiger partial charge in [-0.15, -0.1) is 0 Å². The van der Waals surface area contributed by atoms with Gasteiger partial charge in [0.15, 0.2) is 0 Å². The van der Waals surface area contributed by atoms with Crippen molar-refractivity contribution < 1.29 is 14.3 Å². The molecule has 30 heavy (non-hydrogen) atoms. The van der Waals surface area contributed by atoms with E-state index >= 15 is 0 Å². The van der Waals surface area contributed by atoms with Crippen molar-refractivity contribution in [2.24, 2.45) is 5.92 Å². The monoisotopic (exact) mass is 410 g/mol. The smallest absolute Gasteiger partial charge is 0.317 e. The summed E-state index contributed by atoms with van der Waals surface area (Å²) in [5, 5.41) is 5.92. The molecule has 0 spiro atoms. The number of aryl methyl sites for hydroxylation is 1. The minimum Gasteiger partial charge on any atom is -0.497 e. The molecule has 3 amide bonds. The van der Waals surface area contributed by atoms with E-state index in [0.717, 1.165) is 29.7 Å². The molecule has 2 atom stereocenters. The van der Waals surface area contributed by atoms with Crippen LogP contribution in [0.15, 0.2) is 42.6 Å². The first kappa shape index (κ1) is 21.6. The van der Waals surface area contributed by atoms with E-state index in [-0.39, 0.29) is 23.9 Å². The van der Waals surface area contributed by atoms with Crippen LogP contribution in [0, 0.1) is 12.8 Å². The topological polar surface area (TPSA) is 83.6 Å². The van der Waals surface area contributed by atoms with E-state index in [0.29, 0.717) is 25.3 Å². The number of ether oxygens (including phenoxy) is 1. The molecule has 7 nitrogen and oxygen atoms in total. The van der Waals surface area contributed by atoms with E-state index in [1.54, 1.807) is 24.3 Å². The Hall–Kier alpha value is -3.09. The predicted molar refractivity (Wildman–Crippen MR) is 117 cm³/mol. The first-order valence-corrected chi connectivity index (χ1v) is 10.4. The molecule has 2 heterocycles. The van der Waals surface area contributed by atoms with E-state index < -0.39 is 0 Å². The number of benzene rings is 1. The zero-order valence-electron chi connectivity index (χ0n) is 17.9. The van der Waals surface area contributed by atoms with E-state index in [2.05, 4.69) is 15.6 Å². The van der Waals surface area contributed by atoms with Gasteiger partial charge in [0.05, 0.1) is 13.0 Å². The van der Waals surface area contributed by atoms with Crippen molar-refractivity contribution in [1.82, 2.24) is 15.2 Å². The molecule has 1 aromatic heterocycles. The van der Waals surface area contributed by atoms with Gasteiger partial charge in [-0.05, 0) is 62.4 Å². The van der Waals surface area contributed by atoms with Gasteiger partial charge in [-0.1, -0.05) is 18.2 Å². The molecule has 0 radical (unpaired) electrons. The van der Waals surface area contributed by atoms with Crippen molar-refractivity contribution >= 4 is 17.8 Å². The minimum absolute atomic E-state index is 0.0319. The lowest BCUT2D eigenvalue weighted by Gasteiger charge is -2.33. The molecule has 0 bridgehead atoms. The van der Waals surface area contributed by atoms with Crippen molar-refractivity contribution in [2.75, 3.05) is 25.5 Å². The summed E-state index contributed by atoms with van der Waals surface area (Å²) in [7, 11) is 1.64. The Morgan fingerprint density at radius 3 is 2.87 bits per heavy atom. The second kappa shape index (κ2) is 10.1. The second-order valence-electron chi connectivity index (χ2n) is 7.90. The molecule has 2 N–H and O–H groups in total. The first-order valence-electron chi connectivity index (χ1n) is 10.4. The largest absolute Gasteiger partial charge is 0.497 e. The number of piperidine rings is 1. The van der Waals surface area contributed by atoms with Gasteiger partial charge in [-0.25, -0.2) is 9.78 Å². The van der Waals surface area contributed by atoms with Gasteiger partial charge in [0.1, 0.15) is 11.6 Å². The van der Waals surface area contributed by atoms with Gasteiger partial charge >= 0.3 is 6.03 Å². The van der Waals surface area contributed by atoms with Gasteiger partial charge in [0.2, 0.25) is 5.91 Å². The lowest BCUT2D eigenvalue weighted by atomic mass is 9.97. The molecule has 0 saturated carbocycles. The third-order valence-electron chi connectivity index (χ3n) is 5.29. The molecule has 1 aromatic carbocycles. The molecule has 1 fully saturated rings. The van der Waals surface area contributed by atoms with Crippen LogP contribution in [0.5, 0.6) is 5.75 Å². The lowest BCUT2D eigenvalue weighted by Crippen LogP contribution is -2.50. The molecule has 3 rings (SSSR count). The van der Waals surface area contributed by atoms with Gasteiger partial charge in [0, 0.05) is 25.3 Å². The Morgan fingerprint density at radius 1 is 1.30 bits per heavy atom. The number of pyridine rings is 1. The van der Waals surface area contributed by atoms with E-state index in [4.69, 9.17) is 4.74 Å². The van der Waals surface area contributed by atoms with Crippen molar-refractivity contribution in [3.05, 3.63) is 53.7 Å². The van der Waals surface area contributed by atoms with Crippen LogP contribution >= 0.6 is 0 Å². The molecule has 2 aromatic rings. The number of hydrogen-bond donors (Lipinski definition) is 2. The molecular formula is C23H30N4O3. The third-order valence-corrected chi connectivity index (χ3v) is 5.29. The lowest BCUT2D eigenvalue weighted by molar-refractivity contribution is -0.121. The average molecular weight is 411 g/mol. The average Bonchev–Trinajstić information content (AvgIpc) is 2.75. The maximum atomic E-state index is 12.7. The van der Waals surface area contributed by atoms with Gasteiger partial charge in [-0.3, -0.25) is 4.79 Å². The third kappa shape index (κ3) is 5.95. The Morgan fingerprint density at radius 2 is 2.13 bits per heavy atom. The van der Waals surface area contributed by atoms with Crippen LogP contribution in [0.1, 0.15) is 30.9 Å². The summed E-state index contributed by atoms with van der Waals surface area (Å²) in [6.45, 7) is 5.00. The number of nitrogens with one attached hydrogen (secondary N) is 2. The van der Waals surface area contributed by atoms with Gasteiger partial charge in [-0.2, -0.15) is 0 Å². The van der Waals surface area contributed by atoms with Crippen molar-refractivity contribution in [1.29, 1.82) is 0 Å². The van der Waals surface area contributed by atoms with E-state index in [9.17, 15) is 9.59 Å². The Balaban J connectivity index is 1.51.